The third kappa shape index (κ3) is 1.70. The first-order valence-electron chi connectivity index (χ1n) is 4.97. The lowest BCUT2D eigenvalue weighted by atomic mass is 10.1. The molecule has 1 aromatic carbocycles. The Balaban J connectivity index is 2.63. The van der Waals surface area contributed by atoms with E-state index in [2.05, 4.69) is 17.4 Å². The predicted octanol–water partition coefficient (Wildman–Crippen LogP) is 2.47. The van der Waals surface area contributed by atoms with Crippen molar-refractivity contribution in [2.45, 2.75) is 13.5 Å². The van der Waals surface area contributed by atoms with Crippen molar-refractivity contribution >= 4 is 11.0 Å². The van der Waals surface area contributed by atoms with Gasteiger partial charge < -0.3 is 14.5 Å². The van der Waals surface area contributed by atoms with Gasteiger partial charge in [-0.3, -0.25) is 0 Å². The van der Waals surface area contributed by atoms with Gasteiger partial charge >= 0.3 is 0 Å². The van der Waals surface area contributed by atoms with Crippen molar-refractivity contribution in [1.82, 2.24) is 5.32 Å². The summed E-state index contributed by atoms with van der Waals surface area (Å²) in [6, 6.07) is 6.13. The molecule has 0 aliphatic heterocycles. The van der Waals surface area contributed by atoms with E-state index in [1.165, 1.54) is 0 Å². The number of hydrogen-bond donors (Lipinski definition) is 1. The molecule has 3 nitrogen and oxygen atoms in total. The molecule has 1 aromatic heterocycles. The second-order valence-electron chi connectivity index (χ2n) is 3.56. The van der Waals surface area contributed by atoms with Crippen LogP contribution < -0.4 is 10.1 Å². The number of rotatable bonds is 3. The molecule has 2 rings (SSSR count). The second-order valence-corrected chi connectivity index (χ2v) is 3.56. The Morgan fingerprint density at radius 1 is 1.40 bits per heavy atom. The highest BCUT2D eigenvalue weighted by atomic mass is 16.5. The molecule has 1 heterocycles. The summed E-state index contributed by atoms with van der Waals surface area (Å²) in [7, 11) is 3.59. The summed E-state index contributed by atoms with van der Waals surface area (Å²) in [4.78, 5) is 0. The van der Waals surface area contributed by atoms with E-state index in [-0.39, 0.29) is 0 Å². The average Bonchev–Trinajstić information content (AvgIpc) is 2.58. The Morgan fingerprint density at radius 3 is 2.87 bits per heavy atom. The molecular weight excluding hydrogens is 190 g/mol. The summed E-state index contributed by atoms with van der Waals surface area (Å²) in [5, 5.41) is 4.20. The van der Waals surface area contributed by atoms with Crippen molar-refractivity contribution in [2.24, 2.45) is 0 Å². The largest absolute Gasteiger partial charge is 0.492 e. The van der Waals surface area contributed by atoms with Crippen molar-refractivity contribution in [3.05, 3.63) is 29.5 Å². The maximum absolute atomic E-state index is 5.62. The molecule has 0 spiro atoms. The maximum atomic E-state index is 5.62. The molecule has 0 radical (unpaired) electrons. The molecule has 15 heavy (non-hydrogen) atoms. The highest BCUT2D eigenvalue weighted by Crippen LogP contribution is 2.31. The summed E-state index contributed by atoms with van der Waals surface area (Å²) < 4.78 is 11.0. The smallest absolute Gasteiger partial charge is 0.176 e. The van der Waals surface area contributed by atoms with Crippen molar-refractivity contribution in [3.8, 4) is 5.75 Å². The van der Waals surface area contributed by atoms with Crippen molar-refractivity contribution < 1.29 is 9.15 Å². The lowest BCUT2D eigenvalue weighted by Gasteiger charge is -2.07. The SMILES string of the molecule is CNCc1ccc2cc(C)oc2c1OC. The molecule has 3 heteroatoms. The van der Waals surface area contributed by atoms with Gasteiger partial charge in [-0.2, -0.15) is 0 Å². The number of ether oxygens (including phenoxy) is 1. The Kier molecular flexibility index (Phi) is 2.64. The molecule has 0 aliphatic rings. The molecule has 1 N–H and O–H groups in total. The van der Waals surface area contributed by atoms with Crippen LogP contribution in [0.15, 0.2) is 22.6 Å². The van der Waals surface area contributed by atoms with Gasteiger partial charge in [0.2, 0.25) is 0 Å². The monoisotopic (exact) mass is 205 g/mol. The fourth-order valence-corrected chi connectivity index (χ4v) is 1.80. The molecule has 0 unspecified atom stereocenters. The van der Waals surface area contributed by atoms with Gasteiger partial charge in [0.05, 0.1) is 7.11 Å². The van der Waals surface area contributed by atoms with Crippen molar-refractivity contribution in [3.63, 3.8) is 0 Å². The zero-order valence-corrected chi connectivity index (χ0v) is 9.26. The van der Waals surface area contributed by atoms with Gasteiger partial charge in [-0.15, -0.1) is 0 Å². The van der Waals surface area contributed by atoms with Gasteiger partial charge in [0.1, 0.15) is 5.76 Å². The first kappa shape index (κ1) is 10.1. The quantitative estimate of drug-likeness (QED) is 0.835. The van der Waals surface area contributed by atoms with Crippen LogP contribution in [0.1, 0.15) is 11.3 Å². The van der Waals surface area contributed by atoms with E-state index < -0.39 is 0 Å². The van der Waals surface area contributed by atoms with Gasteiger partial charge in [0.25, 0.3) is 0 Å². The number of benzene rings is 1. The molecule has 0 aliphatic carbocycles. The number of furan rings is 1. The van der Waals surface area contributed by atoms with E-state index in [0.29, 0.717) is 0 Å². The Morgan fingerprint density at radius 2 is 2.20 bits per heavy atom. The number of aryl methyl sites for hydroxylation is 1. The van der Waals surface area contributed by atoms with Crippen molar-refractivity contribution in [2.75, 3.05) is 14.2 Å². The molecule has 0 atom stereocenters. The molecule has 0 bridgehead atoms. The third-order valence-corrected chi connectivity index (χ3v) is 2.42. The number of methoxy groups -OCH3 is 1. The van der Waals surface area contributed by atoms with Crippen LogP contribution in [-0.2, 0) is 6.54 Å². The van der Waals surface area contributed by atoms with Crippen LogP contribution >= 0.6 is 0 Å². The topological polar surface area (TPSA) is 34.4 Å². The van der Waals surface area contributed by atoms with Crippen LogP contribution in [0.25, 0.3) is 11.0 Å². The summed E-state index contributed by atoms with van der Waals surface area (Å²) in [6.45, 7) is 2.72. The fraction of sp³-hybridized carbons (Fsp3) is 0.333. The minimum Gasteiger partial charge on any atom is -0.492 e. The summed E-state index contributed by atoms with van der Waals surface area (Å²) in [5.41, 5.74) is 1.95. The Labute approximate surface area is 89.0 Å². The highest BCUT2D eigenvalue weighted by Gasteiger charge is 2.11. The first-order valence-corrected chi connectivity index (χ1v) is 4.97. The summed E-state index contributed by atoms with van der Waals surface area (Å²) in [6.07, 6.45) is 0. The number of nitrogens with one attached hydrogen (secondary N) is 1. The number of hydrogen-bond acceptors (Lipinski definition) is 3. The van der Waals surface area contributed by atoms with Crippen LogP contribution in [0.2, 0.25) is 0 Å². The normalized spacial score (nSPS) is 10.9. The first-order chi connectivity index (χ1) is 7.26. The van der Waals surface area contributed by atoms with E-state index in [4.69, 9.17) is 9.15 Å². The van der Waals surface area contributed by atoms with Crippen LogP contribution in [0.3, 0.4) is 0 Å². The highest BCUT2D eigenvalue weighted by molar-refractivity contribution is 5.85. The zero-order chi connectivity index (χ0) is 10.8. The van der Waals surface area contributed by atoms with Crippen LogP contribution in [0.4, 0.5) is 0 Å². The lowest BCUT2D eigenvalue weighted by molar-refractivity contribution is 0.403. The zero-order valence-electron chi connectivity index (χ0n) is 9.26. The van der Waals surface area contributed by atoms with Crippen LogP contribution in [0, 0.1) is 6.92 Å². The van der Waals surface area contributed by atoms with E-state index in [0.717, 1.165) is 34.6 Å². The molecule has 0 amide bonds. The Hall–Kier alpha value is -1.48. The second kappa shape index (κ2) is 3.95. The summed E-state index contributed by atoms with van der Waals surface area (Å²) >= 11 is 0. The molecule has 0 saturated heterocycles. The standard InChI is InChI=1S/C12H15NO2/c1-8-6-9-4-5-10(7-13-2)11(14-3)12(9)15-8/h4-6,13H,7H2,1-3H3. The van der Waals surface area contributed by atoms with E-state index >= 15 is 0 Å². The van der Waals surface area contributed by atoms with Crippen LogP contribution in [0.5, 0.6) is 5.75 Å². The minimum absolute atomic E-state index is 0.777. The van der Waals surface area contributed by atoms with E-state index in [9.17, 15) is 0 Å². The molecule has 80 valence electrons. The molecule has 2 aromatic rings. The Bertz CT molecular complexity index is 474. The van der Waals surface area contributed by atoms with Crippen LogP contribution in [-0.4, -0.2) is 14.2 Å². The van der Waals surface area contributed by atoms with E-state index in [1.54, 1.807) is 7.11 Å². The molecule has 0 fully saturated rings. The maximum Gasteiger partial charge on any atom is 0.176 e. The minimum atomic E-state index is 0.777. The predicted molar refractivity (Wildman–Crippen MR) is 60.3 cm³/mol. The average molecular weight is 205 g/mol. The van der Waals surface area contributed by atoms with Gasteiger partial charge in [-0.05, 0) is 20.0 Å². The fourth-order valence-electron chi connectivity index (χ4n) is 1.80. The lowest BCUT2D eigenvalue weighted by Crippen LogP contribution is -2.06. The molecule has 0 saturated carbocycles. The van der Waals surface area contributed by atoms with Gasteiger partial charge in [0, 0.05) is 17.5 Å². The molecular formula is C12H15NO2. The van der Waals surface area contributed by atoms with Crippen molar-refractivity contribution in [1.29, 1.82) is 0 Å². The van der Waals surface area contributed by atoms with E-state index in [1.807, 2.05) is 20.0 Å². The van der Waals surface area contributed by atoms with Gasteiger partial charge in [0.15, 0.2) is 11.3 Å². The van der Waals surface area contributed by atoms with Gasteiger partial charge in [-0.1, -0.05) is 12.1 Å². The third-order valence-electron chi connectivity index (χ3n) is 2.42. The van der Waals surface area contributed by atoms with Gasteiger partial charge in [-0.25, -0.2) is 0 Å². The summed E-state index contributed by atoms with van der Waals surface area (Å²) in [5.74, 6) is 1.74. The number of fused-ring (bicyclic) bond motifs is 1.